The van der Waals surface area contributed by atoms with Crippen LogP contribution >= 0.6 is 0 Å². The van der Waals surface area contributed by atoms with Crippen molar-refractivity contribution in [3.8, 4) is 5.75 Å². The molecule has 0 aliphatic carbocycles. The lowest BCUT2D eigenvalue weighted by atomic mass is 10.1. The lowest BCUT2D eigenvalue weighted by molar-refractivity contribution is 0.464. The van der Waals surface area contributed by atoms with Crippen molar-refractivity contribution in [1.82, 2.24) is 0 Å². The van der Waals surface area contributed by atoms with Gasteiger partial charge in [0.15, 0.2) is 0 Å². The summed E-state index contributed by atoms with van der Waals surface area (Å²) in [5.41, 5.74) is 8.22. The Morgan fingerprint density at radius 1 is 1.15 bits per heavy atom. The first-order valence-corrected chi connectivity index (χ1v) is 6.64. The molecule has 2 rings (SSSR count). The number of rotatable bonds is 4. The van der Waals surface area contributed by atoms with Gasteiger partial charge in [-0.05, 0) is 44.2 Å². The number of nitrogens with two attached hydrogens (primary N) is 1. The molecule has 0 fully saturated rings. The molecule has 3 N–H and O–H groups in total. The Morgan fingerprint density at radius 2 is 1.75 bits per heavy atom. The van der Waals surface area contributed by atoms with Gasteiger partial charge in [0.1, 0.15) is 11.6 Å². The average molecular weight is 274 g/mol. The van der Waals surface area contributed by atoms with Gasteiger partial charge in [-0.15, -0.1) is 0 Å². The Kier molecular flexibility index (Phi) is 4.25. The van der Waals surface area contributed by atoms with Crippen molar-refractivity contribution < 1.29 is 9.50 Å². The van der Waals surface area contributed by atoms with E-state index in [1.165, 1.54) is 12.1 Å². The zero-order valence-electron chi connectivity index (χ0n) is 11.7. The standard InChI is InChI=1S/C16H19FN2O/c1-3-19(13-6-4-12(17)5-7-13)14-8-9-15(11(2)18)16(20)10-14/h4-11,20H,3,18H2,1-2H3. The summed E-state index contributed by atoms with van der Waals surface area (Å²) in [6, 6.07) is 11.5. The molecule has 0 aliphatic rings. The van der Waals surface area contributed by atoms with Gasteiger partial charge in [0.05, 0.1) is 0 Å². The minimum absolute atomic E-state index is 0.179. The van der Waals surface area contributed by atoms with E-state index in [4.69, 9.17) is 5.73 Å². The van der Waals surface area contributed by atoms with E-state index in [0.29, 0.717) is 12.1 Å². The lowest BCUT2D eigenvalue weighted by Gasteiger charge is -2.24. The molecule has 0 radical (unpaired) electrons. The second kappa shape index (κ2) is 5.92. The molecule has 0 bridgehead atoms. The maximum atomic E-state index is 13.0. The van der Waals surface area contributed by atoms with Gasteiger partial charge in [-0.1, -0.05) is 6.07 Å². The minimum atomic E-state index is -0.264. The molecule has 0 aliphatic heterocycles. The summed E-state index contributed by atoms with van der Waals surface area (Å²) in [6.07, 6.45) is 0. The highest BCUT2D eigenvalue weighted by molar-refractivity contribution is 5.65. The highest BCUT2D eigenvalue weighted by Gasteiger charge is 2.12. The van der Waals surface area contributed by atoms with Gasteiger partial charge < -0.3 is 15.7 Å². The average Bonchev–Trinajstić information content (AvgIpc) is 2.41. The minimum Gasteiger partial charge on any atom is -0.508 e. The van der Waals surface area contributed by atoms with Crippen LogP contribution in [0.5, 0.6) is 5.75 Å². The van der Waals surface area contributed by atoms with Crippen LogP contribution in [0.3, 0.4) is 0 Å². The van der Waals surface area contributed by atoms with E-state index < -0.39 is 0 Å². The molecule has 1 unspecified atom stereocenters. The van der Waals surface area contributed by atoms with Crippen LogP contribution < -0.4 is 10.6 Å². The first-order valence-electron chi connectivity index (χ1n) is 6.64. The number of hydrogen-bond acceptors (Lipinski definition) is 3. The van der Waals surface area contributed by atoms with Crippen LogP contribution in [0, 0.1) is 5.82 Å². The first kappa shape index (κ1) is 14.3. The maximum absolute atomic E-state index is 13.0. The number of phenolic OH excluding ortho intramolecular Hbond substituents is 1. The molecule has 0 amide bonds. The van der Waals surface area contributed by atoms with E-state index in [1.54, 1.807) is 18.2 Å². The molecule has 0 heterocycles. The Balaban J connectivity index is 2.37. The Labute approximate surface area is 118 Å². The van der Waals surface area contributed by atoms with Gasteiger partial charge in [0, 0.05) is 35.6 Å². The second-order valence-electron chi connectivity index (χ2n) is 4.75. The second-order valence-corrected chi connectivity index (χ2v) is 4.75. The van der Waals surface area contributed by atoms with Gasteiger partial charge in [-0.3, -0.25) is 0 Å². The smallest absolute Gasteiger partial charge is 0.123 e. The van der Waals surface area contributed by atoms with Crippen LogP contribution in [0.25, 0.3) is 0 Å². The molecule has 0 saturated carbocycles. The van der Waals surface area contributed by atoms with E-state index in [1.807, 2.05) is 30.9 Å². The predicted molar refractivity (Wildman–Crippen MR) is 79.8 cm³/mol. The van der Waals surface area contributed by atoms with Crippen LogP contribution in [0.15, 0.2) is 42.5 Å². The molecule has 4 heteroatoms. The Hall–Kier alpha value is -2.07. The summed E-state index contributed by atoms with van der Waals surface area (Å²) in [6.45, 7) is 4.54. The van der Waals surface area contributed by atoms with Crippen molar-refractivity contribution in [2.24, 2.45) is 5.73 Å². The molecule has 2 aromatic carbocycles. The monoisotopic (exact) mass is 274 g/mol. The van der Waals surface area contributed by atoms with Gasteiger partial charge in [-0.2, -0.15) is 0 Å². The van der Waals surface area contributed by atoms with Gasteiger partial charge in [0.25, 0.3) is 0 Å². The van der Waals surface area contributed by atoms with Crippen molar-refractivity contribution in [1.29, 1.82) is 0 Å². The third kappa shape index (κ3) is 2.91. The molecule has 0 spiro atoms. The summed E-state index contributed by atoms with van der Waals surface area (Å²) >= 11 is 0. The summed E-state index contributed by atoms with van der Waals surface area (Å²) in [5, 5.41) is 10.0. The summed E-state index contributed by atoms with van der Waals surface area (Å²) in [5.74, 6) is -0.0852. The molecule has 106 valence electrons. The van der Waals surface area contributed by atoms with E-state index >= 15 is 0 Å². The Morgan fingerprint density at radius 3 is 2.25 bits per heavy atom. The van der Waals surface area contributed by atoms with Gasteiger partial charge in [-0.25, -0.2) is 4.39 Å². The summed E-state index contributed by atoms with van der Waals surface area (Å²) < 4.78 is 13.0. The number of anilines is 2. The van der Waals surface area contributed by atoms with Crippen LogP contribution in [0.4, 0.5) is 15.8 Å². The van der Waals surface area contributed by atoms with Crippen molar-refractivity contribution in [3.63, 3.8) is 0 Å². The fraction of sp³-hybridized carbons (Fsp3) is 0.250. The van der Waals surface area contributed by atoms with E-state index in [2.05, 4.69) is 0 Å². The van der Waals surface area contributed by atoms with Crippen LogP contribution in [0.2, 0.25) is 0 Å². The molecule has 0 saturated heterocycles. The molecule has 20 heavy (non-hydrogen) atoms. The van der Waals surface area contributed by atoms with Crippen LogP contribution in [-0.2, 0) is 0 Å². The number of aromatic hydroxyl groups is 1. The topological polar surface area (TPSA) is 49.5 Å². The van der Waals surface area contributed by atoms with Crippen LogP contribution in [-0.4, -0.2) is 11.7 Å². The molecular weight excluding hydrogens is 255 g/mol. The normalized spacial score (nSPS) is 12.2. The summed E-state index contributed by atoms with van der Waals surface area (Å²) in [7, 11) is 0. The fourth-order valence-corrected chi connectivity index (χ4v) is 2.22. The molecule has 3 nitrogen and oxygen atoms in total. The summed E-state index contributed by atoms with van der Waals surface area (Å²) in [4.78, 5) is 1.99. The number of nitrogens with zero attached hydrogens (tertiary/aromatic N) is 1. The van der Waals surface area contributed by atoms with Gasteiger partial charge >= 0.3 is 0 Å². The third-order valence-electron chi connectivity index (χ3n) is 3.27. The lowest BCUT2D eigenvalue weighted by Crippen LogP contribution is -2.16. The molecule has 1 atom stereocenters. The number of benzene rings is 2. The van der Waals surface area contributed by atoms with Crippen molar-refractivity contribution >= 4 is 11.4 Å². The highest BCUT2D eigenvalue weighted by atomic mass is 19.1. The fourth-order valence-electron chi connectivity index (χ4n) is 2.22. The molecular formula is C16H19FN2O. The van der Waals surface area contributed by atoms with E-state index in [0.717, 1.165) is 11.4 Å². The molecule has 2 aromatic rings. The quantitative estimate of drug-likeness (QED) is 0.893. The van der Waals surface area contributed by atoms with Crippen LogP contribution in [0.1, 0.15) is 25.5 Å². The van der Waals surface area contributed by atoms with Crippen molar-refractivity contribution in [2.75, 3.05) is 11.4 Å². The number of halogens is 1. The highest BCUT2D eigenvalue weighted by Crippen LogP contribution is 2.31. The van der Waals surface area contributed by atoms with Crippen molar-refractivity contribution in [2.45, 2.75) is 19.9 Å². The zero-order chi connectivity index (χ0) is 14.7. The van der Waals surface area contributed by atoms with E-state index in [-0.39, 0.29) is 17.6 Å². The largest absolute Gasteiger partial charge is 0.508 e. The van der Waals surface area contributed by atoms with Crippen molar-refractivity contribution in [3.05, 3.63) is 53.8 Å². The Bertz CT molecular complexity index is 582. The maximum Gasteiger partial charge on any atom is 0.123 e. The predicted octanol–water partition coefficient (Wildman–Crippen LogP) is 3.71. The first-order chi connectivity index (χ1) is 9.52. The molecule has 0 aromatic heterocycles. The third-order valence-corrected chi connectivity index (χ3v) is 3.27. The van der Waals surface area contributed by atoms with E-state index in [9.17, 15) is 9.50 Å². The van der Waals surface area contributed by atoms with Gasteiger partial charge in [0.2, 0.25) is 0 Å². The number of hydrogen-bond donors (Lipinski definition) is 2. The zero-order valence-corrected chi connectivity index (χ0v) is 11.7. The number of phenols is 1. The SMILES string of the molecule is CCN(c1ccc(F)cc1)c1ccc(C(C)N)c(O)c1.